The van der Waals surface area contributed by atoms with E-state index in [2.05, 4.69) is 15.6 Å². The number of nitrogens with one attached hydrogen (secondary N) is 3. The van der Waals surface area contributed by atoms with E-state index in [1.807, 2.05) is 13.0 Å². The highest BCUT2D eigenvalue weighted by molar-refractivity contribution is 5.94. The minimum atomic E-state index is -0.554. The number of benzene rings is 1. The standard InChI is InChI=1S/C17H20N4O4/c1-3-12-4-5-13(18-11(2)22)10-14(12)19-15(23)6-8-21-9-7-16(24)20-17(21)25/h4-5,7,9-10H,3,6,8H2,1-2H3,(H,18,22)(H,19,23)(H,20,24,25). The number of rotatable bonds is 6. The highest BCUT2D eigenvalue weighted by Gasteiger charge is 2.09. The zero-order valence-electron chi connectivity index (χ0n) is 14.1. The van der Waals surface area contributed by atoms with Gasteiger partial charge in [-0.1, -0.05) is 13.0 Å². The fraction of sp³-hybridized carbons (Fsp3) is 0.294. The van der Waals surface area contributed by atoms with Gasteiger partial charge >= 0.3 is 5.69 Å². The summed E-state index contributed by atoms with van der Waals surface area (Å²) in [7, 11) is 0. The average molecular weight is 344 g/mol. The molecule has 0 bridgehead atoms. The highest BCUT2D eigenvalue weighted by Crippen LogP contribution is 2.22. The average Bonchev–Trinajstić information content (AvgIpc) is 2.54. The lowest BCUT2D eigenvalue weighted by molar-refractivity contribution is -0.116. The molecule has 0 aliphatic rings. The number of anilines is 2. The summed E-state index contributed by atoms with van der Waals surface area (Å²) in [5, 5.41) is 5.47. The van der Waals surface area contributed by atoms with Gasteiger partial charge in [-0.15, -0.1) is 0 Å². The maximum Gasteiger partial charge on any atom is 0.328 e. The third-order valence-corrected chi connectivity index (χ3v) is 3.56. The molecule has 3 N–H and O–H groups in total. The number of aromatic nitrogens is 2. The Morgan fingerprint density at radius 1 is 1.16 bits per heavy atom. The second-order valence-corrected chi connectivity index (χ2v) is 5.51. The van der Waals surface area contributed by atoms with Gasteiger partial charge in [0.05, 0.1) is 0 Å². The number of nitrogens with zero attached hydrogens (tertiary/aromatic N) is 1. The molecule has 0 saturated carbocycles. The summed E-state index contributed by atoms with van der Waals surface area (Å²) in [6, 6.07) is 6.54. The van der Waals surface area contributed by atoms with Gasteiger partial charge in [0.1, 0.15) is 0 Å². The van der Waals surface area contributed by atoms with Gasteiger partial charge in [-0.3, -0.25) is 19.4 Å². The summed E-state index contributed by atoms with van der Waals surface area (Å²) in [6.07, 6.45) is 2.14. The van der Waals surface area contributed by atoms with E-state index in [9.17, 15) is 19.2 Å². The molecule has 0 atom stereocenters. The maximum absolute atomic E-state index is 12.2. The lowest BCUT2D eigenvalue weighted by Crippen LogP contribution is -2.29. The van der Waals surface area contributed by atoms with Crippen LogP contribution in [0, 0.1) is 0 Å². The van der Waals surface area contributed by atoms with E-state index in [1.165, 1.54) is 23.8 Å². The van der Waals surface area contributed by atoms with Gasteiger partial charge < -0.3 is 15.2 Å². The van der Waals surface area contributed by atoms with E-state index in [0.717, 1.165) is 12.0 Å². The molecule has 2 rings (SSSR count). The number of aromatic amines is 1. The number of carbonyl (C=O) groups is 2. The third-order valence-electron chi connectivity index (χ3n) is 3.56. The summed E-state index contributed by atoms with van der Waals surface area (Å²) >= 11 is 0. The van der Waals surface area contributed by atoms with Crippen LogP contribution in [0.4, 0.5) is 11.4 Å². The van der Waals surface area contributed by atoms with E-state index < -0.39 is 11.2 Å². The summed E-state index contributed by atoms with van der Waals surface area (Å²) in [5.41, 5.74) is 1.11. The highest BCUT2D eigenvalue weighted by atomic mass is 16.2. The van der Waals surface area contributed by atoms with Gasteiger partial charge in [-0.05, 0) is 24.1 Å². The molecule has 0 fully saturated rings. The van der Waals surface area contributed by atoms with Gasteiger partial charge in [0.15, 0.2) is 0 Å². The Hall–Kier alpha value is -3.16. The molecular weight excluding hydrogens is 324 g/mol. The van der Waals surface area contributed by atoms with E-state index >= 15 is 0 Å². The van der Waals surface area contributed by atoms with Crippen molar-refractivity contribution in [1.82, 2.24) is 9.55 Å². The van der Waals surface area contributed by atoms with Crippen LogP contribution in [0.3, 0.4) is 0 Å². The van der Waals surface area contributed by atoms with Crippen LogP contribution < -0.4 is 21.9 Å². The first-order valence-corrected chi connectivity index (χ1v) is 7.89. The summed E-state index contributed by atoms with van der Waals surface area (Å²) in [6.45, 7) is 3.52. The van der Waals surface area contributed by atoms with Crippen molar-refractivity contribution in [2.24, 2.45) is 0 Å². The van der Waals surface area contributed by atoms with Crippen molar-refractivity contribution >= 4 is 23.2 Å². The minimum Gasteiger partial charge on any atom is -0.326 e. The molecule has 2 aromatic rings. The minimum absolute atomic E-state index is 0.0689. The lowest BCUT2D eigenvalue weighted by atomic mass is 10.1. The molecule has 1 aromatic carbocycles. The van der Waals surface area contributed by atoms with E-state index in [-0.39, 0.29) is 24.8 Å². The van der Waals surface area contributed by atoms with Crippen LogP contribution in [-0.2, 0) is 22.6 Å². The fourth-order valence-electron chi connectivity index (χ4n) is 2.34. The molecule has 0 aliphatic heterocycles. The van der Waals surface area contributed by atoms with Crippen molar-refractivity contribution in [2.45, 2.75) is 33.2 Å². The van der Waals surface area contributed by atoms with E-state index in [0.29, 0.717) is 11.4 Å². The summed E-state index contributed by atoms with van der Waals surface area (Å²) in [5.74, 6) is -0.466. The number of amides is 2. The molecule has 0 spiro atoms. The van der Waals surface area contributed by atoms with Crippen LogP contribution in [0.2, 0.25) is 0 Å². The van der Waals surface area contributed by atoms with Gasteiger partial charge in [-0.2, -0.15) is 0 Å². The number of hydrogen-bond donors (Lipinski definition) is 3. The fourth-order valence-corrected chi connectivity index (χ4v) is 2.34. The van der Waals surface area contributed by atoms with Gasteiger partial charge in [0.2, 0.25) is 11.8 Å². The first-order chi connectivity index (χ1) is 11.9. The Morgan fingerprint density at radius 2 is 1.92 bits per heavy atom. The molecule has 0 radical (unpaired) electrons. The topological polar surface area (TPSA) is 113 Å². The van der Waals surface area contributed by atoms with Gasteiger partial charge in [0.25, 0.3) is 5.56 Å². The Balaban J connectivity index is 2.07. The van der Waals surface area contributed by atoms with Crippen LogP contribution in [0.5, 0.6) is 0 Å². The van der Waals surface area contributed by atoms with Crippen molar-refractivity contribution in [3.63, 3.8) is 0 Å². The monoisotopic (exact) mass is 344 g/mol. The van der Waals surface area contributed by atoms with Crippen LogP contribution >= 0.6 is 0 Å². The summed E-state index contributed by atoms with van der Waals surface area (Å²) < 4.78 is 1.26. The number of H-pyrrole nitrogens is 1. The smallest absolute Gasteiger partial charge is 0.326 e. The molecule has 2 amide bonds. The first kappa shape index (κ1) is 18.2. The van der Waals surface area contributed by atoms with Gasteiger partial charge in [0, 0.05) is 43.5 Å². The lowest BCUT2D eigenvalue weighted by Gasteiger charge is -2.12. The normalized spacial score (nSPS) is 10.3. The number of aryl methyl sites for hydroxylation is 2. The Labute approximate surface area is 143 Å². The van der Waals surface area contributed by atoms with E-state index in [1.54, 1.807) is 12.1 Å². The summed E-state index contributed by atoms with van der Waals surface area (Å²) in [4.78, 5) is 48.1. The molecule has 132 valence electrons. The second-order valence-electron chi connectivity index (χ2n) is 5.51. The zero-order valence-corrected chi connectivity index (χ0v) is 14.1. The largest absolute Gasteiger partial charge is 0.328 e. The molecule has 0 saturated heterocycles. The first-order valence-electron chi connectivity index (χ1n) is 7.89. The zero-order chi connectivity index (χ0) is 18.4. The predicted molar refractivity (Wildman–Crippen MR) is 94.7 cm³/mol. The van der Waals surface area contributed by atoms with Gasteiger partial charge in [-0.25, -0.2) is 4.79 Å². The molecule has 0 unspecified atom stereocenters. The van der Waals surface area contributed by atoms with Crippen molar-refractivity contribution in [3.8, 4) is 0 Å². The second kappa shape index (κ2) is 8.09. The van der Waals surface area contributed by atoms with Crippen LogP contribution in [0.1, 0.15) is 25.8 Å². The van der Waals surface area contributed by atoms with E-state index in [4.69, 9.17) is 0 Å². The molecule has 0 aliphatic carbocycles. The number of hydrogen-bond acceptors (Lipinski definition) is 4. The van der Waals surface area contributed by atoms with Crippen molar-refractivity contribution in [3.05, 3.63) is 56.9 Å². The quantitative estimate of drug-likeness (QED) is 0.728. The van der Waals surface area contributed by atoms with Crippen molar-refractivity contribution in [1.29, 1.82) is 0 Å². The molecule has 8 heteroatoms. The van der Waals surface area contributed by atoms with Crippen LogP contribution in [0.15, 0.2) is 40.1 Å². The van der Waals surface area contributed by atoms with Crippen molar-refractivity contribution < 1.29 is 9.59 Å². The molecule has 8 nitrogen and oxygen atoms in total. The molecule has 25 heavy (non-hydrogen) atoms. The molecule has 1 heterocycles. The molecule has 1 aromatic heterocycles. The Morgan fingerprint density at radius 3 is 2.56 bits per heavy atom. The molecular formula is C17H20N4O4. The number of carbonyl (C=O) groups excluding carboxylic acids is 2. The van der Waals surface area contributed by atoms with Crippen LogP contribution in [-0.4, -0.2) is 21.4 Å². The predicted octanol–water partition coefficient (Wildman–Crippen LogP) is 1.09. The van der Waals surface area contributed by atoms with Crippen LogP contribution in [0.25, 0.3) is 0 Å². The third kappa shape index (κ3) is 5.17. The Kier molecular flexibility index (Phi) is 5.89. The Bertz CT molecular complexity index is 898. The van der Waals surface area contributed by atoms with Crippen molar-refractivity contribution in [2.75, 3.05) is 10.6 Å². The maximum atomic E-state index is 12.2. The SMILES string of the molecule is CCc1ccc(NC(C)=O)cc1NC(=O)CCn1ccc(=O)[nH]c1=O.